The number of aryl methyl sites for hydroxylation is 1. The van der Waals surface area contributed by atoms with E-state index in [0.717, 1.165) is 16.5 Å². The van der Waals surface area contributed by atoms with Crippen molar-refractivity contribution in [3.05, 3.63) is 35.5 Å². The topological polar surface area (TPSA) is 69.6 Å². The number of fused-ring (bicyclic) bond motifs is 1. The molecule has 0 aliphatic carbocycles. The summed E-state index contributed by atoms with van der Waals surface area (Å²) in [5, 5.41) is 3.75. The van der Waals surface area contributed by atoms with Gasteiger partial charge >= 0.3 is 12.1 Å². The van der Waals surface area contributed by atoms with E-state index in [-0.39, 0.29) is 12.0 Å². The fourth-order valence-corrected chi connectivity index (χ4v) is 2.92. The third-order valence-corrected chi connectivity index (χ3v) is 3.93. The number of carbonyl (C=O) groups excluding carboxylic acids is 2. The average Bonchev–Trinajstić information content (AvgIpc) is 2.92. The molecule has 0 saturated carbocycles. The van der Waals surface area contributed by atoms with Gasteiger partial charge in [-0.05, 0) is 53.2 Å². The molecule has 142 valence electrons. The van der Waals surface area contributed by atoms with Crippen molar-refractivity contribution >= 4 is 23.0 Å². The first-order valence-corrected chi connectivity index (χ1v) is 8.88. The molecule has 0 saturated heterocycles. The number of hydrogen-bond acceptors (Lipinski definition) is 4. The Hall–Kier alpha value is -2.50. The Balaban J connectivity index is 2.32. The van der Waals surface area contributed by atoms with Crippen LogP contribution in [0.25, 0.3) is 10.9 Å². The molecule has 1 amide bonds. The largest absolute Gasteiger partial charge is 0.461 e. The highest BCUT2D eigenvalue weighted by Gasteiger charge is 2.22. The Labute approximate surface area is 154 Å². The maximum Gasteiger partial charge on any atom is 0.407 e. The number of hydrogen-bond donors (Lipinski definition) is 1. The molecule has 2 rings (SSSR count). The van der Waals surface area contributed by atoms with Gasteiger partial charge in [-0.25, -0.2) is 9.59 Å². The van der Waals surface area contributed by atoms with Crippen molar-refractivity contribution in [1.82, 2.24) is 9.88 Å². The molecule has 1 atom stereocenters. The molecule has 0 aliphatic heterocycles. The number of ether oxygens (including phenoxy) is 2. The highest BCUT2D eigenvalue weighted by Crippen LogP contribution is 2.27. The van der Waals surface area contributed by atoms with Crippen molar-refractivity contribution in [1.29, 1.82) is 0 Å². The SMILES string of the molecule is CCOC(=O)c1cc2cccc(C)c2n1[C@H](C)CNC(=O)OC(C)(C)C. The van der Waals surface area contributed by atoms with E-state index in [4.69, 9.17) is 9.47 Å². The Kier molecular flexibility index (Phi) is 5.95. The summed E-state index contributed by atoms with van der Waals surface area (Å²) in [6, 6.07) is 7.61. The van der Waals surface area contributed by atoms with Crippen LogP contribution in [0.4, 0.5) is 4.79 Å². The highest BCUT2D eigenvalue weighted by molar-refractivity contribution is 5.96. The molecule has 1 heterocycles. The van der Waals surface area contributed by atoms with E-state index in [1.165, 1.54) is 0 Å². The Bertz CT molecular complexity index is 802. The van der Waals surface area contributed by atoms with E-state index in [1.807, 2.05) is 63.5 Å². The fourth-order valence-electron chi connectivity index (χ4n) is 2.92. The highest BCUT2D eigenvalue weighted by atomic mass is 16.6. The van der Waals surface area contributed by atoms with E-state index < -0.39 is 11.7 Å². The van der Waals surface area contributed by atoms with Crippen molar-refractivity contribution in [2.75, 3.05) is 13.2 Å². The first kappa shape index (κ1) is 19.8. The van der Waals surface area contributed by atoms with Crippen LogP contribution < -0.4 is 5.32 Å². The van der Waals surface area contributed by atoms with Crippen LogP contribution in [-0.4, -0.2) is 35.4 Å². The monoisotopic (exact) mass is 360 g/mol. The minimum Gasteiger partial charge on any atom is -0.461 e. The number of esters is 1. The summed E-state index contributed by atoms with van der Waals surface area (Å²) >= 11 is 0. The lowest BCUT2D eigenvalue weighted by Gasteiger charge is -2.22. The number of benzene rings is 1. The third kappa shape index (κ3) is 4.56. The molecule has 1 aromatic heterocycles. The first-order valence-electron chi connectivity index (χ1n) is 8.88. The van der Waals surface area contributed by atoms with Crippen LogP contribution in [0.3, 0.4) is 0 Å². The van der Waals surface area contributed by atoms with Crippen LogP contribution in [0, 0.1) is 6.92 Å². The Morgan fingerprint density at radius 1 is 1.27 bits per heavy atom. The van der Waals surface area contributed by atoms with Crippen molar-refractivity contribution in [3.8, 4) is 0 Å². The summed E-state index contributed by atoms with van der Waals surface area (Å²) in [6.07, 6.45) is -0.477. The average molecular weight is 360 g/mol. The van der Waals surface area contributed by atoms with Gasteiger partial charge in [0.25, 0.3) is 0 Å². The number of aromatic nitrogens is 1. The molecule has 1 N–H and O–H groups in total. The lowest BCUT2D eigenvalue weighted by molar-refractivity contribution is 0.0512. The van der Waals surface area contributed by atoms with Gasteiger partial charge in [0.2, 0.25) is 0 Å². The molecule has 26 heavy (non-hydrogen) atoms. The number of alkyl carbamates (subject to hydrolysis) is 1. The lowest BCUT2D eigenvalue weighted by atomic mass is 10.1. The summed E-state index contributed by atoms with van der Waals surface area (Å²) in [4.78, 5) is 24.4. The van der Waals surface area contributed by atoms with E-state index in [2.05, 4.69) is 5.32 Å². The molecule has 0 fully saturated rings. The Morgan fingerprint density at radius 2 is 1.96 bits per heavy atom. The van der Waals surface area contributed by atoms with Crippen LogP contribution in [-0.2, 0) is 9.47 Å². The van der Waals surface area contributed by atoms with Crippen molar-refractivity contribution in [3.63, 3.8) is 0 Å². The van der Waals surface area contributed by atoms with Crippen molar-refractivity contribution in [2.45, 2.75) is 53.2 Å². The minimum atomic E-state index is -0.555. The summed E-state index contributed by atoms with van der Waals surface area (Å²) in [7, 11) is 0. The van der Waals surface area contributed by atoms with Crippen LogP contribution in [0.5, 0.6) is 0 Å². The van der Waals surface area contributed by atoms with Gasteiger partial charge in [0.1, 0.15) is 11.3 Å². The molecule has 0 unspecified atom stereocenters. The standard InChI is InChI=1S/C20H28N2O4/c1-7-25-18(23)16-11-15-10-8-9-13(2)17(15)22(16)14(3)12-21-19(24)26-20(4,5)6/h8-11,14H,7,12H2,1-6H3,(H,21,24)/t14-/m1/s1. The number of para-hydroxylation sites is 1. The second kappa shape index (κ2) is 7.81. The summed E-state index contributed by atoms with van der Waals surface area (Å²) in [5.41, 5.74) is 1.95. The van der Waals surface area contributed by atoms with E-state index >= 15 is 0 Å². The van der Waals surface area contributed by atoms with Crippen molar-refractivity contribution < 1.29 is 19.1 Å². The molecule has 6 heteroatoms. The molecule has 0 bridgehead atoms. The molecule has 6 nitrogen and oxygen atoms in total. The summed E-state index contributed by atoms with van der Waals surface area (Å²) in [5.74, 6) is -0.368. The number of rotatable bonds is 5. The predicted molar refractivity (Wildman–Crippen MR) is 102 cm³/mol. The molecule has 2 aromatic rings. The normalized spacial score (nSPS) is 12.7. The van der Waals surface area contributed by atoms with E-state index in [1.54, 1.807) is 6.92 Å². The lowest BCUT2D eigenvalue weighted by Crippen LogP contribution is -2.35. The second-order valence-corrected chi connectivity index (χ2v) is 7.36. The zero-order chi connectivity index (χ0) is 19.5. The van der Waals surface area contributed by atoms with E-state index in [0.29, 0.717) is 18.8 Å². The van der Waals surface area contributed by atoms with Gasteiger partial charge < -0.3 is 19.4 Å². The zero-order valence-corrected chi connectivity index (χ0v) is 16.4. The summed E-state index contributed by atoms with van der Waals surface area (Å²) < 4.78 is 12.4. The van der Waals surface area contributed by atoms with Gasteiger partial charge in [0.05, 0.1) is 12.1 Å². The van der Waals surface area contributed by atoms with Crippen LogP contribution in [0.15, 0.2) is 24.3 Å². The maximum absolute atomic E-state index is 12.4. The summed E-state index contributed by atoms with van der Waals surface area (Å²) in [6.45, 7) is 11.8. The molecule has 0 radical (unpaired) electrons. The van der Waals surface area contributed by atoms with Crippen molar-refractivity contribution in [2.24, 2.45) is 0 Å². The number of nitrogens with one attached hydrogen (secondary N) is 1. The van der Waals surface area contributed by atoms with Gasteiger partial charge in [-0.15, -0.1) is 0 Å². The maximum atomic E-state index is 12.4. The van der Waals surface area contributed by atoms with Crippen LogP contribution >= 0.6 is 0 Å². The number of nitrogens with zero attached hydrogens (tertiary/aromatic N) is 1. The molecule has 1 aromatic carbocycles. The zero-order valence-electron chi connectivity index (χ0n) is 16.4. The third-order valence-electron chi connectivity index (χ3n) is 3.93. The second-order valence-electron chi connectivity index (χ2n) is 7.36. The van der Waals surface area contributed by atoms with Crippen LogP contribution in [0.2, 0.25) is 0 Å². The number of amides is 1. The Morgan fingerprint density at radius 3 is 2.58 bits per heavy atom. The fraction of sp³-hybridized carbons (Fsp3) is 0.500. The van der Waals surface area contributed by atoms with Gasteiger partial charge in [0.15, 0.2) is 0 Å². The molecule has 0 aliphatic rings. The molecular formula is C20H28N2O4. The number of carbonyl (C=O) groups is 2. The minimum absolute atomic E-state index is 0.152. The molecule has 0 spiro atoms. The quantitative estimate of drug-likeness (QED) is 0.811. The predicted octanol–water partition coefficient (Wildman–Crippen LogP) is 4.21. The first-order chi connectivity index (χ1) is 12.1. The molecular weight excluding hydrogens is 332 g/mol. The smallest absolute Gasteiger partial charge is 0.407 e. The van der Waals surface area contributed by atoms with Gasteiger partial charge in [-0.2, -0.15) is 0 Å². The van der Waals surface area contributed by atoms with Gasteiger partial charge in [-0.3, -0.25) is 0 Å². The van der Waals surface area contributed by atoms with E-state index in [9.17, 15) is 9.59 Å². The van der Waals surface area contributed by atoms with Gasteiger partial charge in [-0.1, -0.05) is 18.2 Å². The van der Waals surface area contributed by atoms with Gasteiger partial charge in [0, 0.05) is 18.0 Å². The van der Waals surface area contributed by atoms with Crippen LogP contribution in [0.1, 0.15) is 56.7 Å².